The fourth-order valence-corrected chi connectivity index (χ4v) is 1.29. The second kappa shape index (κ2) is 4.42. The van der Waals surface area contributed by atoms with Gasteiger partial charge < -0.3 is 14.6 Å². The first-order valence-corrected chi connectivity index (χ1v) is 4.10. The average molecular weight is 174 g/mol. The van der Waals surface area contributed by atoms with Crippen molar-refractivity contribution in [3.05, 3.63) is 0 Å². The normalized spacial score (nSPS) is 25.3. The monoisotopic (exact) mass is 174 g/mol. The van der Waals surface area contributed by atoms with Crippen LogP contribution in [0.2, 0.25) is 0 Å². The van der Waals surface area contributed by atoms with Crippen LogP contribution in [0.25, 0.3) is 0 Å². The number of rotatable bonds is 3. The van der Waals surface area contributed by atoms with Gasteiger partial charge in [0.25, 0.3) is 0 Å². The molecule has 4 heteroatoms. The van der Waals surface area contributed by atoms with Gasteiger partial charge in [0, 0.05) is 6.61 Å². The fourth-order valence-electron chi connectivity index (χ4n) is 1.29. The third kappa shape index (κ3) is 2.46. The summed E-state index contributed by atoms with van der Waals surface area (Å²) in [7, 11) is 1.31. The van der Waals surface area contributed by atoms with E-state index in [2.05, 4.69) is 4.74 Å². The molecule has 0 spiro atoms. The molecule has 1 aliphatic heterocycles. The smallest absolute Gasteiger partial charge is 0.308 e. The van der Waals surface area contributed by atoms with Crippen molar-refractivity contribution in [3.63, 3.8) is 0 Å². The van der Waals surface area contributed by atoms with Crippen LogP contribution in [0.1, 0.15) is 19.3 Å². The van der Waals surface area contributed by atoms with Gasteiger partial charge in [0.15, 0.2) is 0 Å². The predicted molar refractivity (Wildman–Crippen MR) is 41.6 cm³/mol. The summed E-state index contributed by atoms with van der Waals surface area (Å²) >= 11 is 0. The molecule has 1 rings (SSSR count). The number of aliphatic hydroxyl groups is 1. The zero-order valence-electron chi connectivity index (χ0n) is 7.16. The van der Waals surface area contributed by atoms with Crippen LogP contribution in [-0.2, 0) is 14.3 Å². The first-order valence-electron chi connectivity index (χ1n) is 4.10. The van der Waals surface area contributed by atoms with Gasteiger partial charge in [0.05, 0.1) is 25.7 Å². The summed E-state index contributed by atoms with van der Waals surface area (Å²) in [5, 5.41) is 9.42. The molecule has 0 saturated carbocycles. The highest BCUT2D eigenvalue weighted by atomic mass is 16.5. The number of esters is 1. The Morgan fingerprint density at radius 2 is 2.58 bits per heavy atom. The maximum atomic E-state index is 10.7. The number of hydrogen-bond acceptors (Lipinski definition) is 4. The van der Waals surface area contributed by atoms with Gasteiger partial charge in [-0.2, -0.15) is 0 Å². The molecule has 1 fully saturated rings. The van der Waals surface area contributed by atoms with Crippen molar-refractivity contribution in [2.24, 2.45) is 0 Å². The summed E-state index contributed by atoms with van der Waals surface area (Å²) in [5.41, 5.74) is 0. The second-order valence-corrected chi connectivity index (χ2v) is 2.90. The minimum Gasteiger partial charge on any atom is -0.469 e. The highest BCUT2D eigenvalue weighted by Gasteiger charge is 2.26. The molecule has 0 aliphatic carbocycles. The Morgan fingerprint density at radius 1 is 1.83 bits per heavy atom. The van der Waals surface area contributed by atoms with Crippen LogP contribution in [0.3, 0.4) is 0 Å². The topological polar surface area (TPSA) is 55.8 Å². The van der Waals surface area contributed by atoms with Gasteiger partial charge >= 0.3 is 5.97 Å². The Kier molecular flexibility index (Phi) is 3.49. The number of carbonyl (C=O) groups excluding carboxylic acids is 1. The van der Waals surface area contributed by atoms with Gasteiger partial charge in [-0.05, 0) is 12.8 Å². The Morgan fingerprint density at radius 3 is 3.08 bits per heavy atom. The summed E-state index contributed by atoms with van der Waals surface area (Å²) in [6.45, 7) is 0.683. The van der Waals surface area contributed by atoms with Crippen LogP contribution in [-0.4, -0.2) is 37.0 Å². The van der Waals surface area contributed by atoms with E-state index in [1.807, 2.05) is 0 Å². The standard InChI is InChI=1S/C8H14O4/c1-11-8(10)5-6(9)7-3-2-4-12-7/h6-7,9H,2-5H2,1H3/t6-,7?/m0/s1. The molecule has 0 aromatic heterocycles. The number of hydrogen-bond donors (Lipinski definition) is 1. The lowest BCUT2D eigenvalue weighted by Crippen LogP contribution is -2.28. The zero-order valence-corrected chi connectivity index (χ0v) is 7.16. The molecule has 1 N–H and O–H groups in total. The largest absolute Gasteiger partial charge is 0.469 e. The van der Waals surface area contributed by atoms with E-state index in [4.69, 9.17) is 4.74 Å². The molecule has 70 valence electrons. The average Bonchev–Trinajstić information content (AvgIpc) is 2.56. The van der Waals surface area contributed by atoms with Crippen LogP contribution in [0.5, 0.6) is 0 Å². The van der Waals surface area contributed by atoms with Crippen LogP contribution in [0.15, 0.2) is 0 Å². The highest BCUT2D eigenvalue weighted by Crippen LogP contribution is 2.17. The molecule has 0 bridgehead atoms. The molecular weight excluding hydrogens is 160 g/mol. The Hall–Kier alpha value is -0.610. The Labute approximate surface area is 71.5 Å². The van der Waals surface area contributed by atoms with Crippen molar-refractivity contribution < 1.29 is 19.4 Å². The summed E-state index contributed by atoms with van der Waals surface area (Å²) in [6.07, 6.45) is 0.937. The second-order valence-electron chi connectivity index (χ2n) is 2.90. The first-order chi connectivity index (χ1) is 5.74. The summed E-state index contributed by atoms with van der Waals surface area (Å²) in [4.78, 5) is 10.7. The van der Waals surface area contributed by atoms with E-state index in [0.717, 1.165) is 12.8 Å². The van der Waals surface area contributed by atoms with Crippen molar-refractivity contribution in [3.8, 4) is 0 Å². The Balaban J connectivity index is 2.26. The molecule has 0 aromatic rings. The van der Waals surface area contributed by atoms with E-state index in [1.165, 1.54) is 7.11 Å². The summed E-state index contributed by atoms with van der Waals surface area (Å²) in [6, 6.07) is 0. The van der Waals surface area contributed by atoms with E-state index in [-0.39, 0.29) is 12.5 Å². The van der Waals surface area contributed by atoms with Crippen LogP contribution in [0.4, 0.5) is 0 Å². The molecule has 1 unspecified atom stereocenters. The lowest BCUT2D eigenvalue weighted by Gasteiger charge is -2.15. The molecule has 12 heavy (non-hydrogen) atoms. The van der Waals surface area contributed by atoms with Gasteiger partial charge in [0.2, 0.25) is 0 Å². The van der Waals surface area contributed by atoms with E-state index in [1.54, 1.807) is 0 Å². The van der Waals surface area contributed by atoms with Crippen LogP contribution < -0.4 is 0 Å². The van der Waals surface area contributed by atoms with E-state index < -0.39 is 12.1 Å². The molecule has 2 atom stereocenters. The predicted octanol–water partition coefficient (Wildman–Crippen LogP) is 0.0894. The fraction of sp³-hybridized carbons (Fsp3) is 0.875. The van der Waals surface area contributed by atoms with Crippen LogP contribution in [0, 0.1) is 0 Å². The lowest BCUT2D eigenvalue weighted by atomic mass is 10.1. The van der Waals surface area contributed by atoms with E-state index in [0.29, 0.717) is 6.61 Å². The molecule has 4 nitrogen and oxygen atoms in total. The van der Waals surface area contributed by atoms with Crippen LogP contribution >= 0.6 is 0 Å². The molecule has 0 aromatic carbocycles. The quantitative estimate of drug-likeness (QED) is 0.616. The minimum absolute atomic E-state index is 0.0289. The maximum Gasteiger partial charge on any atom is 0.308 e. The van der Waals surface area contributed by atoms with Crippen molar-refractivity contribution in [1.29, 1.82) is 0 Å². The third-order valence-corrected chi connectivity index (χ3v) is 2.00. The summed E-state index contributed by atoms with van der Waals surface area (Å²) < 4.78 is 9.63. The summed E-state index contributed by atoms with van der Waals surface area (Å²) in [5.74, 6) is -0.391. The number of methoxy groups -OCH3 is 1. The molecule has 0 radical (unpaired) electrons. The maximum absolute atomic E-state index is 10.7. The van der Waals surface area contributed by atoms with Gasteiger partial charge in [-0.3, -0.25) is 4.79 Å². The molecule has 1 aliphatic rings. The SMILES string of the molecule is COC(=O)C[C@H](O)C1CCCO1. The third-order valence-electron chi connectivity index (χ3n) is 2.00. The first kappa shape index (κ1) is 9.48. The van der Waals surface area contributed by atoms with Gasteiger partial charge in [-0.25, -0.2) is 0 Å². The van der Waals surface area contributed by atoms with Crippen molar-refractivity contribution in [1.82, 2.24) is 0 Å². The molecular formula is C8H14O4. The van der Waals surface area contributed by atoms with Gasteiger partial charge in [0.1, 0.15) is 0 Å². The number of carbonyl (C=O) groups is 1. The van der Waals surface area contributed by atoms with Crippen molar-refractivity contribution in [2.75, 3.05) is 13.7 Å². The Bertz CT molecular complexity index is 151. The molecule has 1 saturated heterocycles. The lowest BCUT2D eigenvalue weighted by molar-refractivity contribution is -0.144. The van der Waals surface area contributed by atoms with E-state index in [9.17, 15) is 9.90 Å². The van der Waals surface area contributed by atoms with Gasteiger partial charge in [-0.1, -0.05) is 0 Å². The number of ether oxygens (including phenoxy) is 2. The van der Waals surface area contributed by atoms with Gasteiger partial charge in [-0.15, -0.1) is 0 Å². The van der Waals surface area contributed by atoms with Crippen molar-refractivity contribution >= 4 is 5.97 Å². The van der Waals surface area contributed by atoms with Crippen molar-refractivity contribution in [2.45, 2.75) is 31.5 Å². The molecule has 0 amide bonds. The zero-order chi connectivity index (χ0) is 8.97. The highest BCUT2D eigenvalue weighted by molar-refractivity contribution is 5.69. The van der Waals surface area contributed by atoms with E-state index >= 15 is 0 Å². The number of aliphatic hydroxyl groups excluding tert-OH is 1. The molecule has 1 heterocycles. The minimum atomic E-state index is -0.708.